The predicted molar refractivity (Wildman–Crippen MR) is 106 cm³/mol. The highest BCUT2D eigenvalue weighted by molar-refractivity contribution is 5.89. The second-order valence-electron chi connectivity index (χ2n) is 7.06. The molecule has 0 saturated carbocycles. The Balaban J connectivity index is 1.45. The molecule has 2 aromatic rings. The summed E-state index contributed by atoms with van der Waals surface area (Å²) in [5.41, 5.74) is 2.70. The van der Waals surface area contributed by atoms with Gasteiger partial charge in [-0.1, -0.05) is 42.5 Å². The normalized spacial score (nSPS) is 19.4. The summed E-state index contributed by atoms with van der Waals surface area (Å²) in [6.45, 7) is 2.78. The molecule has 1 fully saturated rings. The molecule has 0 aliphatic carbocycles. The molecule has 1 aliphatic rings. The second kappa shape index (κ2) is 9.16. The molecule has 1 aliphatic heterocycles. The van der Waals surface area contributed by atoms with Crippen LogP contribution in [-0.4, -0.2) is 30.4 Å². The molecular weight excluding hydrogens is 352 g/mol. The van der Waals surface area contributed by atoms with E-state index in [4.69, 9.17) is 5.26 Å². The lowest BCUT2D eigenvalue weighted by Crippen LogP contribution is -2.49. The van der Waals surface area contributed by atoms with Crippen LogP contribution in [-0.2, 0) is 16.1 Å². The maximum atomic E-state index is 12.5. The number of nitrogens with zero attached hydrogens (tertiary/aromatic N) is 1. The van der Waals surface area contributed by atoms with Gasteiger partial charge in [-0.3, -0.25) is 9.59 Å². The fourth-order valence-electron chi connectivity index (χ4n) is 3.33. The summed E-state index contributed by atoms with van der Waals surface area (Å²) < 4.78 is 0. The van der Waals surface area contributed by atoms with E-state index >= 15 is 0 Å². The Labute approximate surface area is 164 Å². The molecular formula is C22H24N4O2. The molecule has 0 radical (unpaired) electrons. The summed E-state index contributed by atoms with van der Waals surface area (Å²) in [4.78, 5) is 24.8. The fraction of sp³-hybridized carbons (Fsp3) is 0.318. The number of rotatable bonds is 6. The first kappa shape index (κ1) is 19.6. The number of hydrogen-bond donors (Lipinski definition) is 3. The molecule has 0 spiro atoms. The van der Waals surface area contributed by atoms with Gasteiger partial charge in [0.15, 0.2) is 0 Å². The molecule has 2 amide bonds. The summed E-state index contributed by atoms with van der Waals surface area (Å²) in [7, 11) is 0. The van der Waals surface area contributed by atoms with Gasteiger partial charge in [0.05, 0.1) is 17.7 Å². The number of nitrogens with one attached hydrogen (secondary N) is 3. The summed E-state index contributed by atoms with van der Waals surface area (Å²) in [5, 5.41) is 17.7. The van der Waals surface area contributed by atoms with Crippen LogP contribution in [0.2, 0.25) is 0 Å². The van der Waals surface area contributed by atoms with Crippen molar-refractivity contribution in [2.45, 2.75) is 37.9 Å². The zero-order valence-corrected chi connectivity index (χ0v) is 15.8. The van der Waals surface area contributed by atoms with Crippen LogP contribution in [0.4, 0.5) is 0 Å². The first-order valence-corrected chi connectivity index (χ1v) is 9.42. The topological polar surface area (TPSA) is 94.0 Å². The zero-order valence-electron chi connectivity index (χ0n) is 15.8. The smallest absolute Gasteiger partial charge is 0.242 e. The van der Waals surface area contributed by atoms with E-state index in [1.807, 2.05) is 18.2 Å². The molecule has 0 bridgehead atoms. The molecule has 144 valence electrons. The van der Waals surface area contributed by atoms with Crippen LogP contribution >= 0.6 is 0 Å². The van der Waals surface area contributed by atoms with Crippen molar-refractivity contribution in [2.24, 2.45) is 0 Å². The maximum absolute atomic E-state index is 12.5. The van der Waals surface area contributed by atoms with Crippen LogP contribution in [0.25, 0.3) is 0 Å². The van der Waals surface area contributed by atoms with Gasteiger partial charge >= 0.3 is 0 Å². The van der Waals surface area contributed by atoms with Gasteiger partial charge in [0.25, 0.3) is 0 Å². The number of amides is 2. The van der Waals surface area contributed by atoms with Gasteiger partial charge in [0.1, 0.15) is 6.04 Å². The highest BCUT2D eigenvalue weighted by atomic mass is 16.2. The standard InChI is InChI=1S/C22H24N4O2/c1-15(21(27)25-13-17-9-7-16(12-23)8-10-17)26-22(28)20-11-19(14-24-20)18-5-3-2-4-6-18/h2-10,15,19-20,24H,11,13-14H2,1H3,(H,25,27)(H,26,28)/t15-,19-,20+/m0/s1. The molecule has 6 nitrogen and oxygen atoms in total. The van der Waals surface area contributed by atoms with Crippen molar-refractivity contribution in [3.8, 4) is 6.07 Å². The maximum Gasteiger partial charge on any atom is 0.242 e. The third kappa shape index (κ3) is 4.96. The van der Waals surface area contributed by atoms with Gasteiger partial charge in [0, 0.05) is 13.1 Å². The van der Waals surface area contributed by atoms with Crippen molar-refractivity contribution in [3.05, 3.63) is 71.3 Å². The Morgan fingerprint density at radius 3 is 2.57 bits per heavy atom. The first-order chi connectivity index (χ1) is 13.6. The van der Waals surface area contributed by atoms with E-state index in [1.54, 1.807) is 31.2 Å². The van der Waals surface area contributed by atoms with E-state index in [9.17, 15) is 9.59 Å². The zero-order chi connectivity index (χ0) is 19.9. The third-order valence-electron chi connectivity index (χ3n) is 5.02. The molecule has 3 rings (SSSR count). The molecule has 1 saturated heterocycles. The molecule has 3 atom stereocenters. The Morgan fingerprint density at radius 1 is 1.18 bits per heavy atom. The van der Waals surface area contributed by atoms with Crippen LogP contribution in [0.15, 0.2) is 54.6 Å². The minimum Gasteiger partial charge on any atom is -0.350 e. The van der Waals surface area contributed by atoms with Gasteiger partial charge in [-0.25, -0.2) is 0 Å². The van der Waals surface area contributed by atoms with E-state index in [0.29, 0.717) is 18.0 Å². The minimum atomic E-state index is -0.622. The average molecular weight is 376 g/mol. The van der Waals surface area contributed by atoms with Crippen molar-refractivity contribution in [1.29, 1.82) is 5.26 Å². The lowest BCUT2D eigenvalue weighted by atomic mass is 9.96. The Hall–Kier alpha value is -3.17. The van der Waals surface area contributed by atoms with Crippen LogP contribution in [0.3, 0.4) is 0 Å². The first-order valence-electron chi connectivity index (χ1n) is 9.42. The lowest BCUT2D eigenvalue weighted by molar-refractivity contribution is -0.129. The highest BCUT2D eigenvalue weighted by Crippen LogP contribution is 2.25. The van der Waals surface area contributed by atoms with Crippen LogP contribution in [0.5, 0.6) is 0 Å². The highest BCUT2D eigenvalue weighted by Gasteiger charge is 2.31. The number of carbonyl (C=O) groups excluding carboxylic acids is 2. The lowest BCUT2D eigenvalue weighted by Gasteiger charge is -2.17. The number of carbonyl (C=O) groups is 2. The number of hydrogen-bond acceptors (Lipinski definition) is 4. The monoisotopic (exact) mass is 376 g/mol. The largest absolute Gasteiger partial charge is 0.350 e. The average Bonchev–Trinajstić information content (AvgIpc) is 3.23. The molecule has 28 heavy (non-hydrogen) atoms. The summed E-state index contributed by atoms with van der Waals surface area (Å²) in [6, 6.07) is 18.3. The molecule has 3 N–H and O–H groups in total. The Morgan fingerprint density at radius 2 is 1.89 bits per heavy atom. The Bertz CT molecular complexity index is 858. The summed E-state index contributed by atoms with van der Waals surface area (Å²) >= 11 is 0. The van der Waals surface area contributed by atoms with Crippen LogP contribution in [0, 0.1) is 11.3 Å². The quantitative estimate of drug-likeness (QED) is 0.717. The molecule has 0 unspecified atom stereocenters. The Kier molecular flexibility index (Phi) is 6.41. The van der Waals surface area contributed by atoms with Gasteiger partial charge in [-0.2, -0.15) is 5.26 Å². The number of nitriles is 1. The van der Waals surface area contributed by atoms with Crippen molar-refractivity contribution >= 4 is 11.8 Å². The van der Waals surface area contributed by atoms with E-state index in [-0.39, 0.29) is 17.9 Å². The van der Waals surface area contributed by atoms with Crippen LogP contribution in [0.1, 0.15) is 36.0 Å². The van der Waals surface area contributed by atoms with E-state index in [0.717, 1.165) is 18.5 Å². The molecule has 6 heteroatoms. The summed E-state index contributed by atoms with van der Waals surface area (Å²) in [5.74, 6) is -0.0905. The van der Waals surface area contributed by atoms with Crippen molar-refractivity contribution < 1.29 is 9.59 Å². The molecule has 1 heterocycles. The van der Waals surface area contributed by atoms with Crippen molar-refractivity contribution in [1.82, 2.24) is 16.0 Å². The fourth-order valence-corrected chi connectivity index (χ4v) is 3.33. The molecule has 0 aromatic heterocycles. The third-order valence-corrected chi connectivity index (χ3v) is 5.02. The predicted octanol–water partition coefficient (Wildman–Crippen LogP) is 1.82. The second-order valence-corrected chi connectivity index (χ2v) is 7.06. The van der Waals surface area contributed by atoms with E-state index in [2.05, 4.69) is 34.2 Å². The minimum absolute atomic E-state index is 0.153. The SMILES string of the molecule is C[C@H](NC(=O)[C@H]1C[C@H](c2ccccc2)CN1)C(=O)NCc1ccc(C#N)cc1. The van der Waals surface area contributed by atoms with Gasteiger partial charge < -0.3 is 16.0 Å². The van der Waals surface area contributed by atoms with Gasteiger partial charge in [-0.05, 0) is 42.5 Å². The van der Waals surface area contributed by atoms with Gasteiger partial charge in [-0.15, -0.1) is 0 Å². The van der Waals surface area contributed by atoms with E-state index < -0.39 is 6.04 Å². The summed E-state index contributed by atoms with van der Waals surface area (Å²) in [6.07, 6.45) is 0.718. The van der Waals surface area contributed by atoms with Crippen LogP contribution < -0.4 is 16.0 Å². The van der Waals surface area contributed by atoms with Gasteiger partial charge in [0.2, 0.25) is 11.8 Å². The molecule has 2 aromatic carbocycles. The van der Waals surface area contributed by atoms with Crippen molar-refractivity contribution in [2.75, 3.05) is 6.54 Å². The van der Waals surface area contributed by atoms with E-state index in [1.165, 1.54) is 5.56 Å². The van der Waals surface area contributed by atoms with Crippen molar-refractivity contribution in [3.63, 3.8) is 0 Å². The number of benzene rings is 2.